The molecule has 2 fully saturated rings. The average Bonchev–Trinajstić information content (AvgIpc) is 3.38. The van der Waals surface area contributed by atoms with Crippen LogP contribution in [0.3, 0.4) is 0 Å². The fourth-order valence-electron chi connectivity index (χ4n) is 5.84. The molecule has 1 spiro atoms. The van der Waals surface area contributed by atoms with Gasteiger partial charge in [-0.3, -0.25) is 9.69 Å². The van der Waals surface area contributed by atoms with E-state index < -0.39 is 0 Å². The quantitative estimate of drug-likeness (QED) is 0.778. The van der Waals surface area contributed by atoms with Gasteiger partial charge in [0.05, 0.1) is 12.8 Å². The van der Waals surface area contributed by atoms with Gasteiger partial charge in [-0.05, 0) is 74.0 Å². The van der Waals surface area contributed by atoms with Crippen LogP contribution in [0.4, 0.5) is 0 Å². The Balaban J connectivity index is 1.27. The molecule has 30 heavy (non-hydrogen) atoms. The Bertz CT molecular complexity index is 862. The lowest BCUT2D eigenvalue weighted by Gasteiger charge is -2.40. The van der Waals surface area contributed by atoms with Crippen LogP contribution in [0, 0.1) is 0 Å². The SMILES string of the molecule is CN1CCN(C(=O)C[C@H]2CC3(CCN(Cc4ccco4)CC3)c3ccccc32)CC1. The summed E-state index contributed by atoms with van der Waals surface area (Å²) in [6.45, 7) is 6.80. The van der Waals surface area contributed by atoms with Gasteiger partial charge >= 0.3 is 0 Å². The second-order valence-electron chi connectivity index (χ2n) is 9.51. The first-order valence-electron chi connectivity index (χ1n) is 11.4. The van der Waals surface area contributed by atoms with Crippen LogP contribution in [0.25, 0.3) is 0 Å². The zero-order valence-electron chi connectivity index (χ0n) is 18.1. The number of furan rings is 1. The van der Waals surface area contributed by atoms with Gasteiger partial charge in [-0.25, -0.2) is 0 Å². The molecule has 2 aliphatic heterocycles. The van der Waals surface area contributed by atoms with E-state index in [9.17, 15) is 4.79 Å². The largest absolute Gasteiger partial charge is 0.468 e. The summed E-state index contributed by atoms with van der Waals surface area (Å²) < 4.78 is 5.55. The molecule has 0 N–H and O–H groups in total. The lowest BCUT2D eigenvalue weighted by molar-refractivity contribution is -0.133. The van der Waals surface area contributed by atoms with E-state index in [1.165, 1.54) is 24.0 Å². The number of piperazine rings is 1. The fourth-order valence-corrected chi connectivity index (χ4v) is 5.84. The Morgan fingerprint density at radius 1 is 1.03 bits per heavy atom. The van der Waals surface area contributed by atoms with Crippen LogP contribution >= 0.6 is 0 Å². The molecular formula is C25H33N3O2. The highest BCUT2D eigenvalue weighted by Crippen LogP contribution is 2.52. The lowest BCUT2D eigenvalue weighted by Crippen LogP contribution is -2.47. The minimum Gasteiger partial charge on any atom is -0.468 e. The maximum atomic E-state index is 13.1. The first kappa shape index (κ1) is 19.8. The molecule has 3 heterocycles. The summed E-state index contributed by atoms with van der Waals surface area (Å²) >= 11 is 0. The molecule has 5 nitrogen and oxygen atoms in total. The molecule has 1 aromatic heterocycles. The Morgan fingerprint density at radius 3 is 2.53 bits per heavy atom. The molecule has 160 valence electrons. The van der Waals surface area contributed by atoms with Crippen LogP contribution < -0.4 is 0 Å². The van der Waals surface area contributed by atoms with Crippen molar-refractivity contribution in [3.05, 3.63) is 59.5 Å². The number of likely N-dealkylation sites (tertiary alicyclic amines) is 1. The van der Waals surface area contributed by atoms with Gasteiger partial charge < -0.3 is 14.2 Å². The number of rotatable bonds is 4. The standard InChI is InChI=1S/C25H33N3O2/c1-26-12-14-28(15-13-26)24(29)17-20-18-25(23-7-3-2-6-22(20)23)8-10-27(11-9-25)19-21-5-4-16-30-21/h2-7,16,20H,8-15,17-19H2,1H3/t20-/m0/s1. The summed E-state index contributed by atoms with van der Waals surface area (Å²) in [7, 11) is 2.14. The molecule has 0 bridgehead atoms. The molecule has 5 rings (SSSR count). The molecular weight excluding hydrogens is 374 g/mol. The zero-order valence-corrected chi connectivity index (χ0v) is 18.1. The van der Waals surface area contributed by atoms with Crippen LogP contribution in [0.2, 0.25) is 0 Å². The van der Waals surface area contributed by atoms with E-state index in [0.717, 1.165) is 58.0 Å². The number of hydrogen-bond acceptors (Lipinski definition) is 4. The monoisotopic (exact) mass is 407 g/mol. The molecule has 1 amide bonds. The number of hydrogen-bond donors (Lipinski definition) is 0. The first-order valence-corrected chi connectivity index (χ1v) is 11.4. The molecule has 5 heteroatoms. The molecule has 1 aromatic carbocycles. The van der Waals surface area contributed by atoms with Crippen molar-refractivity contribution < 1.29 is 9.21 Å². The number of benzene rings is 1. The maximum Gasteiger partial charge on any atom is 0.223 e. The van der Waals surface area contributed by atoms with Gasteiger partial charge in [-0.15, -0.1) is 0 Å². The van der Waals surface area contributed by atoms with Crippen LogP contribution in [-0.2, 0) is 16.8 Å². The van der Waals surface area contributed by atoms with E-state index >= 15 is 0 Å². The van der Waals surface area contributed by atoms with Crippen molar-refractivity contribution in [3.8, 4) is 0 Å². The van der Waals surface area contributed by atoms with Crippen molar-refractivity contribution in [3.63, 3.8) is 0 Å². The Morgan fingerprint density at radius 2 is 1.80 bits per heavy atom. The third-order valence-electron chi connectivity index (χ3n) is 7.66. The summed E-state index contributed by atoms with van der Waals surface area (Å²) in [4.78, 5) is 20.0. The van der Waals surface area contributed by atoms with Crippen molar-refractivity contribution >= 4 is 5.91 Å². The number of carbonyl (C=O) groups is 1. The third kappa shape index (κ3) is 3.81. The highest BCUT2D eigenvalue weighted by Gasteiger charge is 2.45. The van der Waals surface area contributed by atoms with Gasteiger partial charge in [0.1, 0.15) is 5.76 Å². The molecule has 0 radical (unpaired) electrons. The van der Waals surface area contributed by atoms with Crippen molar-refractivity contribution in [1.82, 2.24) is 14.7 Å². The fraction of sp³-hybridized carbons (Fsp3) is 0.560. The zero-order chi connectivity index (χ0) is 20.6. The lowest BCUT2D eigenvalue weighted by atomic mass is 9.73. The number of likely N-dealkylation sites (N-methyl/N-ethyl adjacent to an activating group) is 1. The molecule has 0 unspecified atom stereocenters. The Kier molecular flexibility index (Phi) is 5.42. The van der Waals surface area contributed by atoms with Gasteiger partial charge in [-0.2, -0.15) is 0 Å². The van der Waals surface area contributed by atoms with Gasteiger partial charge in [0, 0.05) is 32.6 Å². The number of fused-ring (bicyclic) bond motifs is 2. The summed E-state index contributed by atoms with van der Waals surface area (Å²) in [6.07, 6.45) is 5.89. The normalized spacial score (nSPS) is 24.3. The van der Waals surface area contributed by atoms with E-state index in [-0.39, 0.29) is 5.41 Å². The molecule has 2 saturated heterocycles. The second kappa shape index (κ2) is 8.20. The number of carbonyl (C=O) groups excluding carboxylic acids is 1. The highest BCUT2D eigenvalue weighted by atomic mass is 16.3. The van der Waals surface area contributed by atoms with Crippen LogP contribution in [0.1, 0.15) is 48.5 Å². The van der Waals surface area contributed by atoms with E-state index in [1.807, 2.05) is 6.07 Å². The van der Waals surface area contributed by atoms with Crippen molar-refractivity contribution in [2.24, 2.45) is 0 Å². The number of piperidine rings is 1. The van der Waals surface area contributed by atoms with Crippen molar-refractivity contribution in [1.29, 1.82) is 0 Å². The van der Waals surface area contributed by atoms with Gasteiger partial charge in [-0.1, -0.05) is 24.3 Å². The smallest absolute Gasteiger partial charge is 0.223 e. The van der Waals surface area contributed by atoms with Crippen LogP contribution in [0.5, 0.6) is 0 Å². The minimum atomic E-state index is 0.239. The first-order chi connectivity index (χ1) is 14.6. The van der Waals surface area contributed by atoms with Crippen LogP contribution in [-0.4, -0.2) is 66.9 Å². The van der Waals surface area contributed by atoms with E-state index in [0.29, 0.717) is 18.2 Å². The molecule has 1 aliphatic carbocycles. The van der Waals surface area contributed by atoms with E-state index in [2.05, 4.69) is 52.1 Å². The topological polar surface area (TPSA) is 39.9 Å². The summed E-state index contributed by atoms with van der Waals surface area (Å²) in [5.74, 6) is 1.76. The highest BCUT2D eigenvalue weighted by molar-refractivity contribution is 5.77. The van der Waals surface area contributed by atoms with E-state index in [4.69, 9.17) is 4.42 Å². The summed E-state index contributed by atoms with van der Waals surface area (Å²) in [6, 6.07) is 13.0. The minimum absolute atomic E-state index is 0.239. The van der Waals surface area contributed by atoms with Crippen molar-refractivity contribution in [2.45, 2.75) is 43.6 Å². The van der Waals surface area contributed by atoms with Gasteiger partial charge in [0.2, 0.25) is 5.91 Å². The molecule has 2 aromatic rings. The average molecular weight is 408 g/mol. The third-order valence-corrected chi connectivity index (χ3v) is 7.66. The number of amides is 1. The maximum absolute atomic E-state index is 13.1. The number of nitrogens with zero attached hydrogens (tertiary/aromatic N) is 3. The summed E-state index contributed by atoms with van der Waals surface area (Å²) in [5, 5.41) is 0. The predicted octanol–water partition coefficient (Wildman–Crippen LogP) is 3.46. The van der Waals surface area contributed by atoms with Crippen LogP contribution in [0.15, 0.2) is 47.1 Å². The van der Waals surface area contributed by atoms with Gasteiger partial charge in [0.15, 0.2) is 0 Å². The molecule has 0 saturated carbocycles. The van der Waals surface area contributed by atoms with Crippen molar-refractivity contribution in [2.75, 3.05) is 46.3 Å². The second-order valence-corrected chi connectivity index (χ2v) is 9.51. The predicted molar refractivity (Wildman–Crippen MR) is 117 cm³/mol. The molecule has 3 aliphatic rings. The Labute approximate surface area is 179 Å². The Hall–Kier alpha value is -2.11. The van der Waals surface area contributed by atoms with Gasteiger partial charge in [0.25, 0.3) is 0 Å². The summed E-state index contributed by atoms with van der Waals surface area (Å²) in [5.41, 5.74) is 3.18. The van der Waals surface area contributed by atoms with E-state index in [1.54, 1.807) is 6.26 Å². The molecule has 1 atom stereocenters.